The van der Waals surface area contributed by atoms with Crippen LogP contribution in [0.1, 0.15) is 47.4 Å². The fraction of sp³-hybridized carbons (Fsp3) is 0.394. The quantitative estimate of drug-likeness (QED) is 0.268. The van der Waals surface area contributed by atoms with Crippen LogP contribution >= 0.6 is 11.6 Å². The average Bonchev–Trinajstić information content (AvgIpc) is 3.80. The molecule has 2 fully saturated rings. The van der Waals surface area contributed by atoms with Gasteiger partial charge in [0.05, 0.1) is 47.5 Å². The number of halogens is 3. The Kier molecular flexibility index (Phi) is 8.14. The molecule has 1 aliphatic carbocycles. The zero-order chi connectivity index (χ0) is 33.7. The van der Waals surface area contributed by atoms with Gasteiger partial charge in [-0.25, -0.2) is 14.5 Å². The van der Waals surface area contributed by atoms with Gasteiger partial charge in [-0.15, -0.1) is 0 Å². The van der Waals surface area contributed by atoms with Crippen molar-refractivity contribution in [3.05, 3.63) is 64.7 Å². The summed E-state index contributed by atoms with van der Waals surface area (Å²) < 4.78 is 41.8. The van der Waals surface area contributed by atoms with Gasteiger partial charge in [-0.05, 0) is 73.8 Å². The molecule has 1 atom stereocenters. The zero-order valence-corrected chi connectivity index (χ0v) is 26.8. The summed E-state index contributed by atoms with van der Waals surface area (Å²) in [5, 5.41) is 5.50. The lowest BCUT2D eigenvalue weighted by Crippen LogP contribution is -2.50. The molecule has 7 rings (SSSR count). The molecule has 2 aliphatic heterocycles. The van der Waals surface area contributed by atoms with E-state index >= 15 is 8.78 Å². The molecule has 1 saturated carbocycles. The van der Waals surface area contributed by atoms with E-state index in [1.54, 1.807) is 34.0 Å². The molecule has 1 aromatic carbocycles. The number of hydrogen-bond donors (Lipinski definition) is 1. The Balaban J connectivity index is 1.32. The molecule has 15 heteroatoms. The number of aromatic nitrogens is 4. The van der Waals surface area contributed by atoms with E-state index in [1.165, 1.54) is 25.4 Å². The standard InChI is InChI=1S/C33H32ClF2N7O5/c1-47-32(46)41-10-2-3-19(15-41)16-43-30-23(14-39-43)27(28(29(37)44)24(40-30)11-18-4-5-18)20-6-9-25-26(12-20)48-33(35,36)31(45)42(25)17-22-8-7-21(34)13-38-22/h6-9,12-14,18-19H,2-5,10-11,15-17H2,1H3,(H2,37,44)/t19-/m0/s1. The van der Waals surface area contributed by atoms with E-state index in [4.69, 9.17) is 31.8 Å². The predicted octanol–water partition coefficient (Wildman–Crippen LogP) is 5.19. The third-order valence-electron chi connectivity index (χ3n) is 9.05. The Morgan fingerprint density at radius 3 is 2.67 bits per heavy atom. The first-order valence-corrected chi connectivity index (χ1v) is 16.0. The van der Waals surface area contributed by atoms with Crippen molar-refractivity contribution >= 4 is 46.2 Å². The van der Waals surface area contributed by atoms with E-state index in [9.17, 15) is 14.4 Å². The van der Waals surface area contributed by atoms with Gasteiger partial charge in [-0.3, -0.25) is 19.5 Å². The maximum atomic E-state index is 15.0. The van der Waals surface area contributed by atoms with Gasteiger partial charge in [0, 0.05) is 36.8 Å². The highest BCUT2D eigenvalue weighted by Gasteiger charge is 2.50. The maximum Gasteiger partial charge on any atom is 0.482 e. The van der Waals surface area contributed by atoms with Gasteiger partial charge in [0.15, 0.2) is 11.4 Å². The number of ether oxygens (including phenoxy) is 2. The van der Waals surface area contributed by atoms with E-state index in [2.05, 4.69) is 10.1 Å². The van der Waals surface area contributed by atoms with Crippen LogP contribution in [0.2, 0.25) is 5.02 Å². The minimum Gasteiger partial charge on any atom is -0.453 e. The first kappa shape index (κ1) is 31.7. The number of fused-ring (bicyclic) bond motifs is 2. The monoisotopic (exact) mass is 679 g/mol. The molecular formula is C33H32ClF2N7O5. The number of piperidine rings is 1. The highest BCUT2D eigenvalue weighted by molar-refractivity contribution is 6.30. The van der Waals surface area contributed by atoms with Gasteiger partial charge in [0.1, 0.15) is 0 Å². The van der Waals surface area contributed by atoms with Crippen LogP contribution in [0, 0.1) is 11.8 Å². The van der Waals surface area contributed by atoms with Crippen LogP contribution in [0.4, 0.5) is 19.3 Å². The third-order valence-corrected chi connectivity index (χ3v) is 9.27. The van der Waals surface area contributed by atoms with Crippen molar-refractivity contribution in [2.75, 3.05) is 25.1 Å². The predicted molar refractivity (Wildman–Crippen MR) is 171 cm³/mol. The summed E-state index contributed by atoms with van der Waals surface area (Å²) in [4.78, 5) is 49.8. The first-order valence-electron chi connectivity index (χ1n) is 15.7. The highest BCUT2D eigenvalue weighted by atomic mass is 35.5. The van der Waals surface area contributed by atoms with Crippen LogP contribution in [-0.4, -0.2) is 68.9 Å². The summed E-state index contributed by atoms with van der Waals surface area (Å²) in [6, 6.07) is 7.62. The van der Waals surface area contributed by atoms with Crippen molar-refractivity contribution in [2.24, 2.45) is 17.6 Å². The van der Waals surface area contributed by atoms with Crippen molar-refractivity contribution in [1.82, 2.24) is 24.6 Å². The van der Waals surface area contributed by atoms with Crippen molar-refractivity contribution in [2.45, 2.75) is 51.3 Å². The lowest BCUT2D eigenvalue weighted by atomic mass is 9.93. The number of hydrogen-bond acceptors (Lipinski definition) is 8. The number of carbonyl (C=O) groups is 3. The molecular weight excluding hydrogens is 648 g/mol. The van der Waals surface area contributed by atoms with E-state index < -0.39 is 17.9 Å². The number of nitrogens with two attached hydrogens (primary N) is 1. The number of primary amides is 1. The SMILES string of the molecule is COC(=O)N1CCC[C@H](Cn2ncc3c(-c4ccc5c(c4)OC(F)(F)C(=O)N5Cc4ccc(Cl)cn4)c(C(N)=O)c(CC4CC4)nc32)C1. The van der Waals surface area contributed by atoms with E-state index in [1.807, 2.05) is 0 Å². The fourth-order valence-electron chi connectivity index (χ4n) is 6.57. The van der Waals surface area contributed by atoms with Crippen LogP contribution < -0.4 is 15.4 Å². The van der Waals surface area contributed by atoms with Crippen LogP contribution in [0.3, 0.4) is 0 Å². The lowest BCUT2D eigenvalue weighted by molar-refractivity contribution is -0.193. The summed E-state index contributed by atoms with van der Waals surface area (Å²) in [6.07, 6.45) is 2.60. The van der Waals surface area contributed by atoms with Gasteiger partial charge in [-0.1, -0.05) is 17.7 Å². The molecule has 0 unspecified atom stereocenters. The normalized spacial score (nSPS) is 18.8. The number of pyridine rings is 2. The second kappa shape index (κ2) is 12.3. The molecule has 0 spiro atoms. The van der Waals surface area contributed by atoms with Gasteiger partial charge in [-0.2, -0.15) is 13.9 Å². The first-order chi connectivity index (χ1) is 23.0. The van der Waals surface area contributed by atoms with E-state index in [-0.39, 0.29) is 35.6 Å². The number of rotatable bonds is 8. The number of benzene rings is 1. The number of anilines is 1. The number of nitrogens with zero attached hydrogens (tertiary/aromatic N) is 6. The Labute approximate surface area is 278 Å². The van der Waals surface area contributed by atoms with E-state index in [0.717, 1.165) is 30.6 Å². The van der Waals surface area contributed by atoms with Gasteiger partial charge in [0.2, 0.25) is 0 Å². The molecule has 12 nitrogen and oxygen atoms in total. The van der Waals surface area contributed by atoms with Crippen molar-refractivity contribution < 1.29 is 32.6 Å². The number of methoxy groups -OCH3 is 1. The summed E-state index contributed by atoms with van der Waals surface area (Å²) in [5.74, 6) is -2.08. The topological polar surface area (TPSA) is 146 Å². The Bertz CT molecular complexity index is 1930. The number of carbonyl (C=O) groups excluding carboxylic acids is 3. The van der Waals surface area contributed by atoms with E-state index in [0.29, 0.717) is 70.5 Å². The smallest absolute Gasteiger partial charge is 0.453 e. The van der Waals surface area contributed by atoms with Crippen LogP contribution in [0.15, 0.2) is 42.7 Å². The van der Waals surface area contributed by atoms with Gasteiger partial charge < -0.3 is 20.1 Å². The summed E-state index contributed by atoms with van der Waals surface area (Å²) in [7, 11) is 1.36. The number of likely N-dealkylation sites (tertiary alicyclic amines) is 1. The highest BCUT2D eigenvalue weighted by Crippen LogP contribution is 2.45. The second-order valence-electron chi connectivity index (χ2n) is 12.5. The van der Waals surface area contributed by atoms with Gasteiger partial charge in [0.25, 0.3) is 5.91 Å². The minimum atomic E-state index is -4.15. The molecule has 0 radical (unpaired) electrons. The van der Waals surface area contributed by atoms with Gasteiger partial charge >= 0.3 is 18.1 Å². The molecule has 3 amide bonds. The number of amides is 3. The zero-order valence-electron chi connectivity index (χ0n) is 26.0. The van der Waals surface area contributed by atoms with Crippen molar-refractivity contribution in [1.29, 1.82) is 0 Å². The van der Waals surface area contributed by atoms with Crippen LogP contribution in [0.25, 0.3) is 22.2 Å². The summed E-state index contributed by atoms with van der Waals surface area (Å²) in [5.41, 5.74) is 8.41. The molecule has 250 valence electrons. The Morgan fingerprint density at radius 1 is 1.15 bits per heavy atom. The van der Waals surface area contributed by atoms with Crippen LogP contribution in [0.5, 0.6) is 5.75 Å². The Morgan fingerprint density at radius 2 is 1.96 bits per heavy atom. The molecule has 0 bridgehead atoms. The fourth-order valence-corrected chi connectivity index (χ4v) is 6.68. The average molecular weight is 680 g/mol. The molecule has 3 aromatic heterocycles. The third kappa shape index (κ3) is 6.00. The van der Waals surface area contributed by atoms with Crippen molar-refractivity contribution in [3.8, 4) is 16.9 Å². The summed E-state index contributed by atoms with van der Waals surface area (Å²) >= 11 is 5.93. The minimum absolute atomic E-state index is 0.0759. The van der Waals surface area contributed by atoms with Crippen LogP contribution in [-0.2, 0) is 29.0 Å². The lowest BCUT2D eigenvalue weighted by Gasteiger charge is -2.33. The molecule has 2 N–H and O–H groups in total. The largest absolute Gasteiger partial charge is 0.482 e. The second-order valence-corrected chi connectivity index (χ2v) is 12.9. The number of alkyl halides is 2. The molecule has 3 aliphatic rings. The summed E-state index contributed by atoms with van der Waals surface area (Å²) in [6.45, 7) is 1.31. The molecule has 4 aromatic rings. The maximum absolute atomic E-state index is 15.0. The molecule has 5 heterocycles. The van der Waals surface area contributed by atoms with Crippen molar-refractivity contribution in [3.63, 3.8) is 0 Å². The molecule has 1 saturated heterocycles. The molecule has 48 heavy (non-hydrogen) atoms. The Hall–Kier alpha value is -4.85.